The molecule has 2 atom stereocenters. The average Bonchev–Trinajstić information content (AvgIpc) is 2.97. The van der Waals surface area contributed by atoms with Crippen molar-refractivity contribution >= 4 is 22.6 Å². The van der Waals surface area contributed by atoms with Gasteiger partial charge in [-0.25, -0.2) is 4.98 Å². The highest BCUT2D eigenvalue weighted by molar-refractivity contribution is 6.20. The van der Waals surface area contributed by atoms with Crippen LogP contribution in [0.1, 0.15) is 62.8 Å². The lowest BCUT2D eigenvalue weighted by Gasteiger charge is -2.21. The molecule has 21 heavy (non-hydrogen) atoms. The fraction of sp³-hybridized carbons (Fsp3) is 0.529. The fourth-order valence-corrected chi connectivity index (χ4v) is 3.62. The molecule has 3 nitrogen and oxygen atoms in total. The fourth-order valence-electron chi connectivity index (χ4n) is 3.47. The van der Waals surface area contributed by atoms with Gasteiger partial charge in [-0.1, -0.05) is 13.8 Å². The summed E-state index contributed by atoms with van der Waals surface area (Å²) in [5.41, 5.74) is 3.01. The summed E-state index contributed by atoms with van der Waals surface area (Å²) >= 11 is 6.35. The van der Waals surface area contributed by atoms with Crippen molar-refractivity contribution < 1.29 is 0 Å². The molecule has 4 heteroatoms. The first kappa shape index (κ1) is 14.4. The molecule has 2 unspecified atom stereocenters. The van der Waals surface area contributed by atoms with Crippen LogP contribution in [0.2, 0.25) is 0 Å². The molecule has 1 saturated carbocycles. The maximum absolute atomic E-state index is 9.15. The monoisotopic (exact) mass is 301 g/mol. The third-order valence-electron chi connectivity index (χ3n) is 4.51. The van der Waals surface area contributed by atoms with Gasteiger partial charge >= 0.3 is 0 Å². The predicted octanol–water partition coefficient (Wildman–Crippen LogP) is 4.96. The van der Waals surface area contributed by atoms with Gasteiger partial charge in [0.2, 0.25) is 0 Å². The summed E-state index contributed by atoms with van der Waals surface area (Å²) in [5, 5.41) is 9.01. The maximum Gasteiger partial charge on any atom is 0.127 e. The van der Waals surface area contributed by atoms with Crippen molar-refractivity contribution in [2.45, 2.75) is 51.5 Å². The summed E-state index contributed by atoms with van der Waals surface area (Å²) in [6, 6.07) is 8.33. The largest absolute Gasteiger partial charge is 0.324 e. The molecule has 0 N–H and O–H groups in total. The molecule has 1 heterocycles. The quantitative estimate of drug-likeness (QED) is 0.736. The lowest BCUT2D eigenvalue weighted by atomic mass is 9.92. The van der Waals surface area contributed by atoms with Crippen LogP contribution in [0.3, 0.4) is 0 Å². The summed E-state index contributed by atoms with van der Waals surface area (Å²) in [7, 11) is 0. The molecule has 0 aliphatic heterocycles. The Bertz CT molecular complexity index is 721. The summed E-state index contributed by atoms with van der Waals surface area (Å²) in [6.45, 7) is 6.60. The van der Waals surface area contributed by atoms with Crippen LogP contribution in [0.4, 0.5) is 0 Å². The highest BCUT2D eigenvalue weighted by Crippen LogP contribution is 2.45. The van der Waals surface area contributed by atoms with E-state index in [2.05, 4.69) is 24.5 Å². The highest BCUT2D eigenvalue weighted by atomic mass is 35.5. The molecule has 0 saturated heterocycles. The van der Waals surface area contributed by atoms with Crippen LogP contribution >= 0.6 is 11.6 Å². The molecule has 2 aromatic rings. The van der Waals surface area contributed by atoms with Crippen LogP contribution in [0, 0.1) is 16.7 Å². The normalized spacial score (nSPS) is 22.3. The Balaban J connectivity index is 2.18. The van der Waals surface area contributed by atoms with E-state index in [9.17, 15) is 0 Å². The lowest BCUT2D eigenvalue weighted by Crippen LogP contribution is -2.12. The molecule has 110 valence electrons. The first-order valence-corrected chi connectivity index (χ1v) is 7.91. The number of hydrogen-bond donors (Lipinski definition) is 0. The zero-order chi connectivity index (χ0) is 15.2. The second-order valence-electron chi connectivity index (χ2n) is 6.83. The van der Waals surface area contributed by atoms with Crippen LogP contribution in [0.25, 0.3) is 11.0 Å². The number of halogens is 1. The summed E-state index contributed by atoms with van der Waals surface area (Å²) in [6.07, 6.45) is 3.49. The van der Waals surface area contributed by atoms with E-state index >= 15 is 0 Å². The first-order chi connectivity index (χ1) is 9.91. The Morgan fingerprint density at radius 2 is 2.24 bits per heavy atom. The Labute approximate surface area is 130 Å². The van der Waals surface area contributed by atoms with Crippen molar-refractivity contribution in [3.8, 4) is 6.07 Å². The summed E-state index contributed by atoms with van der Waals surface area (Å²) in [5.74, 6) is 0.921. The molecule has 3 rings (SSSR count). The SMILES string of the molecule is CC(Cl)c1nc2ccc(C#N)cc2n1C1CCC(C)(C)C1. The molecular formula is C17H20ClN3. The third-order valence-corrected chi connectivity index (χ3v) is 4.70. The van der Waals surface area contributed by atoms with E-state index in [1.54, 1.807) is 0 Å². The van der Waals surface area contributed by atoms with Crippen molar-refractivity contribution in [1.29, 1.82) is 5.26 Å². The number of hydrogen-bond acceptors (Lipinski definition) is 2. The zero-order valence-electron chi connectivity index (χ0n) is 12.7. The molecule has 0 spiro atoms. The van der Waals surface area contributed by atoms with E-state index in [1.165, 1.54) is 6.42 Å². The van der Waals surface area contributed by atoms with Gasteiger partial charge in [-0.2, -0.15) is 5.26 Å². The van der Waals surface area contributed by atoms with Crippen molar-refractivity contribution in [2.24, 2.45) is 5.41 Å². The first-order valence-electron chi connectivity index (χ1n) is 7.47. The van der Waals surface area contributed by atoms with Crippen molar-refractivity contribution in [2.75, 3.05) is 0 Å². The molecular weight excluding hydrogens is 282 g/mol. The smallest absolute Gasteiger partial charge is 0.127 e. The third kappa shape index (κ3) is 2.53. The van der Waals surface area contributed by atoms with Gasteiger partial charge in [0.15, 0.2) is 0 Å². The van der Waals surface area contributed by atoms with Gasteiger partial charge in [-0.05, 0) is 49.8 Å². The number of nitriles is 1. The van der Waals surface area contributed by atoms with E-state index < -0.39 is 0 Å². The molecule has 0 amide bonds. The number of alkyl halides is 1. The second kappa shape index (κ2) is 5.03. The van der Waals surface area contributed by atoms with E-state index in [0.29, 0.717) is 17.0 Å². The van der Waals surface area contributed by atoms with Crippen molar-refractivity contribution in [1.82, 2.24) is 9.55 Å². The van der Waals surface area contributed by atoms with Crippen molar-refractivity contribution in [3.05, 3.63) is 29.6 Å². The van der Waals surface area contributed by atoms with Gasteiger partial charge in [-0.15, -0.1) is 11.6 Å². The molecule has 1 aromatic heterocycles. The molecule has 1 aliphatic carbocycles. The topological polar surface area (TPSA) is 41.6 Å². The van der Waals surface area contributed by atoms with E-state index in [0.717, 1.165) is 29.7 Å². The van der Waals surface area contributed by atoms with Gasteiger partial charge in [0.1, 0.15) is 5.82 Å². The minimum absolute atomic E-state index is 0.133. The zero-order valence-corrected chi connectivity index (χ0v) is 13.5. The van der Waals surface area contributed by atoms with Gasteiger partial charge in [0.25, 0.3) is 0 Å². The lowest BCUT2D eigenvalue weighted by molar-refractivity contribution is 0.358. The van der Waals surface area contributed by atoms with Crippen molar-refractivity contribution in [3.63, 3.8) is 0 Å². The van der Waals surface area contributed by atoms with Crippen LogP contribution in [0.5, 0.6) is 0 Å². The Kier molecular flexibility index (Phi) is 3.45. The van der Waals surface area contributed by atoms with Crippen LogP contribution in [-0.4, -0.2) is 9.55 Å². The molecule has 1 fully saturated rings. The number of imidazole rings is 1. The number of aromatic nitrogens is 2. The van der Waals surface area contributed by atoms with E-state index in [-0.39, 0.29) is 5.38 Å². The highest BCUT2D eigenvalue weighted by Gasteiger charge is 2.34. The van der Waals surface area contributed by atoms with E-state index in [4.69, 9.17) is 21.8 Å². The minimum atomic E-state index is -0.133. The van der Waals surface area contributed by atoms with Gasteiger partial charge in [0, 0.05) is 6.04 Å². The Morgan fingerprint density at radius 1 is 1.48 bits per heavy atom. The van der Waals surface area contributed by atoms with Crippen LogP contribution in [-0.2, 0) is 0 Å². The maximum atomic E-state index is 9.15. The van der Waals surface area contributed by atoms with Crippen LogP contribution < -0.4 is 0 Å². The molecule has 1 aliphatic rings. The minimum Gasteiger partial charge on any atom is -0.324 e. The number of benzene rings is 1. The predicted molar refractivity (Wildman–Crippen MR) is 85.4 cm³/mol. The second-order valence-corrected chi connectivity index (χ2v) is 7.49. The average molecular weight is 302 g/mol. The Morgan fingerprint density at radius 3 is 2.81 bits per heavy atom. The molecule has 1 aromatic carbocycles. The number of nitrogens with zero attached hydrogens (tertiary/aromatic N) is 3. The van der Waals surface area contributed by atoms with Gasteiger partial charge < -0.3 is 4.57 Å². The van der Waals surface area contributed by atoms with Gasteiger partial charge in [-0.3, -0.25) is 0 Å². The molecule has 0 radical (unpaired) electrons. The van der Waals surface area contributed by atoms with E-state index in [1.807, 2.05) is 25.1 Å². The van der Waals surface area contributed by atoms with Gasteiger partial charge in [0.05, 0.1) is 28.0 Å². The standard InChI is InChI=1S/C17H20ClN3/c1-11(18)16-20-14-5-4-12(10-19)8-15(14)21(16)13-6-7-17(2,3)9-13/h4-5,8,11,13H,6-7,9H2,1-3H3. The molecule has 0 bridgehead atoms. The summed E-state index contributed by atoms with van der Waals surface area (Å²) < 4.78 is 2.28. The number of fused-ring (bicyclic) bond motifs is 1. The summed E-state index contributed by atoms with van der Waals surface area (Å²) in [4.78, 5) is 4.70. The van der Waals surface area contributed by atoms with Crippen LogP contribution in [0.15, 0.2) is 18.2 Å². The Hall–Kier alpha value is -1.53. The number of rotatable bonds is 2.